The van der Waals surface area contributed by atoms with Gasteiger partial charge in [-0.05, 0) is 60.7 Å². The van der Waals surface area contributed by atoms with E-state index in [0.29, 0.717) is 0 Å². The summed E-state index contributed by atoms with van der Waals surface area (Å²) in [6.07, 6.45) is 11.9. The smallest absolute Gasteiger partial charge is 0.136 e. The summed E-state index contributed by atoms with van der Waals surface area (Å²) in [5.74, 6) is 1.10. The number of aromatic nitrogens is 2. The summed E-state index contributed by atoms with van der Waals surface area (Å²) in [7, 11) is 0. The topological polar surface area (TPSA) is 29.8 Å². The average Bonchev–Trinajstić information content (AvgIpc) is 3.19. The Morgan fingerprint density at radius 1 is 1.04 bits per heavy atom. The van der Waals surface area contributed by atoms with E-state index in [4.69, 9.17) is 4.74 Å². The van der Waals surface area contributed by atoms with Crippen molar-refractivity contribution in [3.05, 3.63) is 54.0 Å². The molecule has 0 N–H and O–H groups in total. The third-order valence-electron chi connectivity index (χ3n) is 7.10. The van der Waals surface area contributed by atoms with E-state index in [0.717, 1.165) is 42.4 Å². The van der Waals surface area contributed by atoms with Gasteiger partial charge in [-0.1, -0.05) is 12.5 Å². The number of piperidine rings is 1. The quantitative estimate of drug-likeness (QED) is 0.656. The molecule has 1 aliphatic carbocycles. The molecular weight excluding hydrogens is 346 g/mol. The molecule has 1 saturated heterocycles. The second-order valence-corrected chi connectivity index (χ2v) is 8.97. The summed E-state index contributed by atoms with van der Waals surface area (Å²) in [6, 6.07) is 11.9. The van der Waals surface area contributed by atoms with Crippen molar-refractivity contribution in [1.29, 1.82) is 0 Å². The largest absolute Gasteiger partial charge is 0.487 e. The third kappa shape index (κ3) is 2.66. The fourth-order valence-corrected chi connectivity index (χ4v) is 5.23. The lowest BCUT2D eigenvalue weighted by Gasteiger charge is -2.45. The maximum Gasteiger partial charge on any atom is 0.136 e. The molecule has 0 atom stereocenters. The molecule has 4 heterocycles. The van der Waals surface area contributed by atoms with Crippen LogP contribution < -0.4 is 4.74 Å². The number of benzene rings is 1. The summed E-state index contributed by atoms with van der Waals surface area (Å²) in [5, 5.41) is 0. The second-order valence-electron chi connectivity index (χ2n) is 8.97. The molecule has 6 rings (SSSR count). The van der Waals surface area contributed by atoms with Gasteiger partial charge in [-0.2, -0.15) is 0 Å². The highest BCUT2D eigenvalue weighted by molar-refractivity contribution is 5.67. The Hall–Kier alpha value is -2.33. The van der Waals surface area contributed by atoms with Gasteiger partial charge in [0.1, 0.15) is 17.0 Å². The maximum absolute atomic E-state index is 6.54. The Morgan fingerprint density at radius 2 is 1.86 bits per heavy atom. The van der Waals surface area contributed by atoms with E-state index < -0.39 is 0 Å². The molecule has 2 aromatic heterocycles. The van der Waals surface area contributed by atoms with E-state index in [1.807, 2.05) is 6.92 Å². The summed E-state index contributed by atoms with van der Waals surface area (Å²) < 4.78 is 8.65. The van der Waals surface area contributed by atoms with E-state index in [1.54, 1.807) is 0 Å². The van der Waals surface area contributed by atoms with Crippen LogP contribution in [-0.2, 0) is 6.42 Å². The zero-order valence-electron chi connectivity index (χ0n) is 16.5. The number of aryl methyl sites for hydroxylation is 1. The zero-order chi connectivity index (χ0) is 18.7. The number of nitrogens with zero attached hydrogens (tertiary/aromatic N) is 3. The molecule has 144 valence electrons. The molecule has 1 aromatic carbocycles. The molecule has 0 radical (unpaired) electrons. The standard InChI is InChI=1S/C24H27N3O/c1-17-15-27-16-19(6-8-23(27)25-17)18-5-7-22-20(13-18)14-24(28-22)9-11-26(12-10-24)21-3-2-4-21/h5-8,13,15-16,21H,2-4,9-12,14H2,1H3. The highest BCUT2D eigenvalue weighted by atomic mass is 16.5. The van der Waals surface area contributed by atoms with Crippen LogP contribution in [0.25, 0.3) is 16.8 Å². The number of fused-ring (bicyclic) bond motifs is 2. The molecule has 0 bridgehead atoms. The fourth-order valence-electron chi connectivity index (χ4n) is 5.23. The van der Waals surface area contributed by atoms with Crippen LogP contribution in [0.2, 0.25) is 0 Å². The van der Waals surface area contributed by atoms with Crippen molar-refractivity contribution in [3.63, 3.8) is 0 Å². The number of pyridine rings is 1. The molecule has 1 spiro atoms. The van der Waals surface area contributed by atoms with E-state index in [9.17, 15) is 0 Å². The number of ether oxygens (including phenoxy) is 1. The first-order valence-corrected chi connectivity index (χ1v) is 10.7. The Labute approximate surface area is 166 Å². The Bertz CT molecular complexity index is 1040. The summed E-state index contributed by atoms with van der Waals surface area (Å²) in [6.45, 7) is 4.43. The first-order chi connectivity index (χ1) is 13.7. The minimum Gasteiger partial charge on any atom is -0.487 e. The minimum atomic E-state index is 0.0343. The van der Waals surface area contributed by atoms with Gasteiger partial charge in [0, 0.05) is 50.8 Å². The van der Waals surface area contributed by atoms with Gasteiger partial charge in [0.15, 0.2) is 0 Å². The minimum absolute atomic E-state index is 0.0343. The van der Waals surface area contributed by atoms with Crippen LogP contribution in [0.1, 0.15) is 43.4 Å². The average molecular weight is 374 g/mol. The van der Waals surface area contributed by atoms with Crippen molar-refractivity contribution in [2.45, 2.75) is 57.1 Å². The molecule has 2 aliphatic heterocycles. The zero-order valence-corrected chi connectivity index (χ0v) is 16.5. The molecule has 1 saturated carbocycles. The van der Waals surface area contributed by atoms with Crippen molar-refractivity contribution < 1.29 is 4.74 Å². The van der Waals surface area contributed by atoms with Gasteiger partial charge in [-0.15, -0.1) is 0 Å². The Balaban J connectivity index is 1.24. The molecule has 28 heavy (non-hydrogen) atoms. The van der Waals surface area contributed by atoms with Gasteiger partial charge < -0.3 is 14.0 Å². The van der Waals surface area contributed by atoms with Gasteiger partial charge in [0.2, 0.25) is 0 Å². The van der Waals surface area contributed by atoms with Crippen LogP contribution in [0.5, 0.6) is 5.75 Å². The lowest BCUT2D eigenvalue weighted by molar-refractivity contribution is -0.00746. The predicted molar refractivity (Wildman–Crippen MR) is 111 cm³/mol. The molecule has 4 nitrogen and oxygen atoms in total. The van der Waals surface area contributed by atoms with E-state index >= 15 is 0 Å². The summed E-state index contributed by atoms with van der Waals surface area (Å²) >= 11 is 0. The van der Waals surface area contributed by atoms with Gasteiger partial charge in [-0.3, -0.25) is 0 Å². The molecule has 0 amide bonds. The van der Waals surface area contributed by atoms with E-state index in [-0.39, 0.29) is 5.60 Å². The lowest BCUT2D eigenvalue weighted by Crippen LogP contribution is -2.52. The van der Waals surface area contributed by atoms with Gasteiger partial charge in [0.25, 0.3) is 0 Å². The van der Waals surface area contributed by atoms with Crippen molar-refractivity contribution in [2.75, 3.05) is 13.1 Å². The van der Waals surface area contributed by atoms with Crippen LogP contribution in [0.3, 0.4) is 0 Å². The van der Waals surface area contributed by atoms with E-state index in [2.05, 4.69) is 57.0 Å². The Morgan fingerprint density at radius 3 is 2.64 bits per heavy atom. The number of rotatable bonds is 2. The molecule has 4 heteroatoms. The fraction of sp³-hybridized carbons (Fsp3) is 0.458. The van der Waals surface area contributed by atoms with Crippen molar-refractivity contribution in [2.24, 2.45) is 0 Å². The normalized spacial score (nSPS) is 21.6. The van der Waals surface area contributed by atoms with Gasteiger partial charge in [0.05, 0.1) is 5.69 Å². The second kappa shape index (κ2) is 6.08. The predicted octanol–water partition coefficient (Wildman–Crippen LogP) is 4.63. The first kappa shape index (κ1) is 16.6. The number of likely N-dealkylation sites (tertiary alicyclic amines) is 1. The van der Waals surface area contributed by atoms with E-state index in [1.165, 1.54) is 49.0 Å². The molecule has 2 fully saturated rings. The van der Waals surface area contributed by atoms with Crippen LogP contribution in [-0.4, -0.2) is 39.0 Å². The highest BCUT2D eigenvalue weighted by Gasteiger charge is 2.43. The molecular formula is C24H27N3O. The summed E-state index contributed by atoms with van der Waals surface area (Å²) in [4.78, 5) is 7.23. The molecule has 3 aliphatic rings. The molecule has 3 aromatic rings. The SMILES string of the molecule is Cc1cn2cc(-c3ccc4c(c3)CC3(CCN(C5CCC5)CC3)O4)ccc2n1. The maximum atomic E-state index is 6.54. The third-order valence-corrected chi connectivity index (χ3v) is 7.10. The number of imidazole rings is 1. The number of hydrogen-bond donors (Lipinski definition) is 0. The Kier molecular flexibility index (Phi) is 3.61. The molecule has 0 unspecified atom stereocenters. The van der Waals surface area contributed by atoms with Crippen LogP contribution >= 0.6 is 0 Å². The van der Waals surface area contributed by atoms with Crippen LogP contribution in [0, 0.1) is 6.92 Å². The monoisotopic (exact) mass is 373 g/mol. The van der Waals surface area contributed by atoms with Crippen LogP contribution in [0.15, 0.2) is 42.7 Å². The van der Waals surface area contributed by atoms with Crippen molar-refractivity contribution in [1.82, 2.24) is 14.3 Å². The highest BCUT2D eigenvalue weighted by Crippen LogP contribution is 2.43. The van der Waals surface area contributed by atoms with Crippen LogP contribution in [0.4, 0.5) is 0 Å². The van der Waals surface area contributed by atoms with Gasteiger partial charge in [-0.25, -0.2) is 4.98 Å². The van der Waals surface area contributed by atoms with Gasteiger partial charge >= 0.3 is 0 Å². The van der Waals surface area contributed by atoms with Crippen molar-refractivity contribution >= 4 is 5.65 Å². The number of hydrogen-bond acceptors (Lipinski definition) is 3. The first-order valence-electron chi connectivity index (χ1n) is 10.7. The van der Waals surface area contributed by atoms with Crippen molar-refractivity contribution in [3.8, 4) is 16.9 Å². The summed E-state index contributed by atoms with van der Waals surface area (Å²) in [5.41, 5.74) is 5.95. The lowest BCUT2D eigenvalue weighted by atomic mass is 9.83.